The second kappa shape index (κ2) is 5.60. The molecule has 0 spiro atoms. The number of para-hydroxylation sites is 1. The molecule has 0 aliphatic carbocycles. The Kier molecular flexibility index (Phi) is 4.33. The summed E-state index contributed by atoms with van der Waals surface area (Å²) in [5.74, 6) is 0.933. The van der Waals surface area contributed by atoms with E-state index in [1.807, 2.05) is 30.3 Å². The molecule has 0 bridgehead atoms. The summed E-state index contributed by atoms with van der Waals surface area (Å²) >= 11 is 0. The molecule has 1 aromatic rings. The fourth-order valence-electron chi connectivity index (χ4n) is 1.22. The summed E-state index contributed by atoms with van der Waals surface area (Å²) in [6.45, 7) is 2.80. The first-order chi connectivity index (χ1) is 6.36. The van der Waals surface area contributed by atoms with E-state index in [4.69, 9.17) is 10.5 Å². The third-order valence-electron chi connectivity index (χ3n) is 1.99. The van der Waals surface area contributed by atoms with Crippen molar-refractivity contribution >= 4 is 0 Å². The fraction of sp³-hybridized carbons (Fsp3) is 0.455. The van der Waals surface area contributed by atoms with Gasteiger partial charge in [0.05, 0.1) is 6.10 Å². The van der Waals surface area contributed by atoms with Crippen LogP contribution < -0.4 is 10.5 Å². The number of hydrogen-bond acceptors (Lipinski definition) is 2. The van der Waals surface area contributed by atoms with Gasteiger partial charge in [-0.1, -0.05) is 25.1 Å². The normalized spacial score (nSPS) is 12.5. The SMILES string of the molecule is CCC(CCN)Oc1ccccc1. The van der Waals surface area contributed by atoms with Gasteiger partial charge in [-0.05, 0) is 31.5 Å². The van der Waals surface area contributed by atoms with Crippen LogP contribution in [-0.4, -0.2) is 12.6 Å². The Balaban J connectivity index is 2.46. The third-order valence-corrected chi connectivity index (χ3v) is 1.99. The Morgan fingerprint density at radius 3 is 2.54 bits per heavy atom. The van der Waals surface area contributed by atoms with Gasteiger partial charge in [-0.15, -0.1) is 0 Å². The maximum Gasteiger partial charge on any atom is 0.119 e. The summed E-state index contributed by atoms with van der Waals surface area (Å²) in [7, 11) is 0. The molecule has 0 aromatic heterocycles. The van der Waals surface area contributed by atoms with Crippen molar-refractivity contribution in [2.45, 2.75) is 25.9 Å². The highest BCUT2D eigenvalue weighted by molar-refractivity contribution is 5.21. The van der Waals surface area contributed by atoms with Crippen LogP contribution in [0.3, 0.4) is 0 Å². The second-order valence-electron chi connectivity index (χ2n) is 3.04. The van der Waals surface area contributed by atoms with Crippen LogP contribution >= 0.6 is 0 Å². The van der Waals surface area contributed by atoms with E-state index in [9.17, 15) is 0 Å². The van der Waals surface area contributed by atoms with Gasteiger partial charge in [0, 0.05) is 0 Å². The zero-order valence-corrected chi connectivity index (χ0v) is 8.07. The number of hydrogen-bond donors (Lipinski definition) is 1. The van der Waals surface area contributed by atoms with Crippen molar-refractivity contribution in [3.05, 3.63) is 30.3 Å². The van der Waals surface area contributed by atoms with E-state index in [-0.39, 0.29) is 6.10 Å². The van der Waals surface area contributed by atoms with E-state index in [1.54, 1.807) is 0 Å². The Morgan fingerprint density at radius 1 is 1.31 bits per heavy atom. The van der Waals surface area contributed by atoms with Crippen LogP contribution in [0.4, 0.5) is 0 Å². The average molecular weight is 179 g/mol. The predicted molar refractivity (Wildman–Crippen MR) is 54.8 cm³/mol. The van der Waals surface area contributed by atoms with Gasteiger partial charge in [-0.3, -0.25) is 0 Å². The molecular weight excluding hydrogens is 162 g/mol. The molecule has 1 aromatic carbocycles. The van der Waals surface area contributed by atoms with Crippen molar-refractivity contribution in [2.24, 2.45) is 5.73 Å². The topological polar surface area (TPSA) is 35.2 Å². The maximum absolute atomic E-state index is 5.72. The van der Waals surface area contributed by atoms with Crippen molar-refractivity contribution in [1.82, 2.24) is 0 Å². The molecule has 13 heavy (non-hydrogen) atoms. The largest absolute Gasteiger partial charge is 0.490 e. The van der Waals surface area contributed by atoms with E-state index in [0.717, 1.165) is 18.6 Å². The predicted octanol–water partition coefficient (Wildman–Crippen LogP) is 2.19. The summed E-state index contributed by atoms with van der Waals surface area (Å²) in [4.78, 5) is 0. The van der Waals surface area contributed by atoms with Crippen molar-refractivity contribution in [3.8, 4) is 5.75 Å². The van der Waals surface area contributed by atoms with E-state index in [0.29, 0.717) is 6.54 Å². The molecule has 2 N–H and O–H groups in total. The van der Waals surface area contributed by atoms with E-state index in [1.165, 1.54) is 0 Å². The molecule has 1 unspecified atom stereocenters. The van der Waals surface area contributed by atoms with Crippen LogP contribution in [0.1, 0.15) is 19.8 Å². The highest BCUT2D eigenvalue weighted by Gasteiger charge is 2.05. The molecule has 1 atom stereocenters. The van der Waals surface area contributed by atoms with Crippen molar-refractivity contribution in [2.75, 3.05) is 6.54 Å². The molecule has 0 saturated carbocycles. The monoisotopic (exact) mass is 179 g/mol. The Bertz CT molecular complexity index is 223. The maximum atomic E-state index is 5.72. The molecular formula is C11H17NO. The van der Waals surface area contributed by atoms with E-state index in [2.05, 4.69) is 6.92 Å². The van der Waals surface area contributed by atoms with Crippen LogP contribution in [-0.2, 0) is 0 Å². The highest BCUT2D eigenvalue weighted by atomic mass is 16.5. The van der Waals surface area contributed by atoms with Crippen LogP contribution in [0.2, 0.25) is 0 Å². The van der Waals surface area contributed by atoms with Crippen LogP contribution in [0.5, 0.6) is 5.75 Å². The van der Waals surface area contributed by atoms with Crippen LogP contribution in [0.15, 0.2) is 30.3 Å². The Morgan fingerprint density at radius 2 is 2.00 bits per heavy atom. The number of nitrogens with two attached hydrogens (primary N) is 1. The van der Waals surface area contributed by atoms with Gasteiger partial charge in [0.1, 0.15) is 5.75 Å². The lowest BCUT2D eigenvalue weighted by atomic mass is 10.2. The van der Waals surface area contributed by atoms with Gasteiger partial charge in [0.2, 0.25) is 0 Å². The molecule has 2 heteroatoms. The van der Waals surface area contributed by atoms with Crippen molar-refractivity contribution in [3.63, 3.8) is 0 Å². The van der Waals surface area contributed by atoms with Gasteiger partial charge in [-0.2, -0.15) is 0 Å². The van der Waals surface area contributed by atoms with Crippen molar-refractivity contribution in [1.29, 1.82) is 0 Å². The number of ether oxygens (including phenoxy) is 1. The first kappa shape index (κ1) is 10.1. The van der Waals surface area contributed by atoms with Gasteiger partial charge in [0.15, 0.2) is 0 Å². The zero-order chi connectivity index (χ0) is 9.52. The highest BCUT2D eigenvalue weighted by Crippen LogP contribution is 2.13. The summed E-state index contributed by atoms with van der Waals surface area (Å²) in [5, 5.41) is 0. The lowest BCUT2D eigenvalue weighted by molar-refractivity contribution is 0.189. The molecule has 0 heterocycles. The summed E-state index contributed by atoms with van der Waals surface area (Å²) in [5.41, 5.74) is 5.48. The molecule has 0 aliphatic heterocycles. The number of benzene rings is 1. The average Bonchev–Trinajstić information content (AvgIpc) is 2.19. The summed E-state index contributed by atoms with van der Waals surface area (Å²) in [6.07, 6.45) is 2.18. The molecule has 0 fully saturated rings. The molecule has 1 rings (SSSR count). The molecule has 0 radical (unpaired) electrons. The molecule has 0 amide bonds. The van der Waals surface area contributed by atoms with Gasteiger partial charge < -0.3 is 10.5 Å². The third kappa shape index (κ3) is 3.47. The molecule has 72 valence electrons. The van der Waals surface area contributed by atoms with Gasteiger partial charge in [0.25, 0.3) is 0 Å². The zero-order valence-electron chi connectivity index (χ0n) is 8.07. The van der Waals surface area contributed by atoms with Crippen LogP contribution in [0.25, 0.3) is 0 Å². The first-order valence-electron chi connectivity index (χ1n) is 4.78. The van der Waals surface area contributed by atoms with Crippen molar-refractivity contribution < 1.29 is 4.74 Å². The minimum absolute atomic E-state index is 0.257. The Labute approximate surface area is 79.7 Å². The minimum Gasteiger partial charge on any atom is -0.490 e. The molecule has 2 nitrogen and oxygen atoms in total. The van der Waals surface area contributed by atoms with E-state index >= 15 is 0 Å². The first-order valence-corrected chi connectivity index (χ1v) is 4.78. The van der Waals surface area contributed by atoms with Gasteiger partial charge >= 0.3 is 0 Å². The fourth-order valence-corrected chi connectivity index (χ4v) is 1.22. The number of rotatable bonds is 5. The second-order valence-corrected chi connectivity index (χ2v) is 3.04. The summed E-state index contributed by atoms with van der Waals surface area (Å²) < 4.78 is 5.72. The summed E-state index contributed by atoms with van der Waals surface area (Å²) in [6, 6.07) is 9.88. The smallest absolute Gasteiger partial charge is 0.119 e. The lowest BCUT2D eigenvalue weighted by Gasteiger charge is -2.16. The van der Waals surface area contributed by atoms with Gasteiger partial charge in [-0.25, -0.2) is 0 Å². The minimum atomic E-state index is 0.257. The lowest BCUT2D eigenvalue weighted by Crippen LogP contribution is -2.19. The van der Waals surface area contributed by atoms with Crippen LogP contribution in [0, 0.1) is 0 Å². The molecule has 0 aliphatic rings. The Hall–Kier alpha value is -1.02. The van der Waals surface area contributed by atoms with E-state index < -0.39 is 0 Å². The standard InChI is InChI=1S/C11H17NO/c1-2-10(8-9-12)13-11-6-4-3-5-7-11/h3-7,10H,2,8-9,12H2,1H3. The quantitative estimate of drug-likeness (QED) is 0.752. The molecule has 0 saturated heterocycles.